The fraction of sp³-hybridized carbons (Fsp3) is 0.500. The number of aliphatic hydroxyl groups is 2. The van der Waals surface area contributed by atoms with Crippen molar-refractivity contribution < 1.29 is 10.2 Å². The molecular weight excluding hydrogens is 238 g/mol. The first-order valence-electron chi connectivity index (χ1n) is 6.83. The van der Waals surface area contributed by atoms with Gasteiger partial charge < -0.3 is 10.2 Å². The number of aliphatic hydroxyl groups excluding tert-OH is 2. The molecule has 19 heavy (non-hydrogen) atoms. The van der Waals surface area contributed by atoms with Crippen molar-refractivity contribution in [3.8, 4) is 11.8 Å². The lowest BCUT2D eigenvalue weighted by atomic mass is 10.1. The molecule has 1 heterocycles. The molecule has 2 N–H and O–H groups in total. The second kappa shape index (κ2) is 7.30. The van der Waals surface area contributed by atoms with Gasteiger partial charge >= 0.3 is 0 Å². The first kappa shape index (κ1) is 14.1. The normalized spacial score (nSPS) is 19.2. The number of hydrogen-bond donors (Lipinski definition) is 2. The summed E-state index contributed by atoms with van der Waals surface area (Å²) in [6, 6.07) is 8.24. The molecule has 3 nitrogen and oxygen atoms in total. The lowest BCUT2D eigenvalue weighted by Gasteiger charge is -2.15. The number of benzene rings is 1. The van der Waals surface area contributed by atoms with Gasteiger partial charge in [0.15, 0.2) is 0 Å². The van der Waals surface area contributed by atoms with E-state index in [9.17, 15) is 0 Å². The van der Waals surface area contributed by atoms with Crippen molar-refractivity contribution in [3.63, 3.8) is 0 Å². The molecule has 0 bridgehead atoms. The van der Waals surface area contributed by atoms with Crippen LogP contribution in [0.4, 0.5) is 0 Å². The molecular formula is C16H21NO2. The van der Waals surface area contributed by atoms with Crippen molar-refractivity contribution in [3.05, 3.63) is 35.4 Å². The van der Waals surface area contributed by atoms with E-state index in [0.717, 1.165) is 31.6 Å². The highest BCUT2D eigenvalue weighted by Gasteiger charge is 2.21. The van der Waals surface area contributed by atoms with Gasteiger partial charge in [-0.3, -0.25) is 4.90 Å². The SMILES string of the molecule is OCCC#Cc1cccc(CN2CCC(CO)C2)c1. The number of hydrogen-bond acceptors (Lipinski definition) is 3. The molecule has 0 aliphatic carbocycles. The van der Waals surface area contributed by atoms with Gasteiger partial charge in [-0.2, -0.15) is 0 Å². The summed E-state index contributed by atoms with van der Waals surface area (Å²) in [6.07, 6.45) is 1.61. The van der Waals surface area contributed by atoms with Gasteiger partial charge in [0.2, 0.25) is 0 Å². The molecule has 1 saturated heterocycles. The molecule has 0 aromatic heterocycles. The van der Waals surface area contributed by atoms with E-state index in [4.69, 9.17) is 10.2 Å². The predicted octanol–water partition coefficient (Wildman–Crippen LogP) is 1.23. The Bertz CT molecular complexity index is 461. The first-order valence-corrected chi connectivity index (χ1v) is 6.83. The van der Waals surface area contributed by atoms with E-state index in [2.05, 4.69) is 28.9 Å². The number of nitrogens with zero attached hydrogens (tertiary/aromatic N) is 1. The largest absolute Gasteiger partial charge is 0.396 e. The Hall–Kier alpha value is -1.34. The summed E-state index contributed by atoms with van der Waals surface area (Å²) in [5.41, 5.74) is 2.26. The zero-order valence-corrected chi connectivity index (χ0v) is 11.2. The standard InChI is InChI=1S/C16H21NO2/c18-9-2-1-4-14-5-3-6-15(10-14)11-17-8-7-16(12-17)13-19/h3,5-6,10,16,18-19H,2,7-9,11-13H2. The maximum Gasteiger partial charge on any atom is 0.0540 e. The van der Waals surface area contributed by atoms with Gasteiger partial charge in [0.05, 0.1) is 6.61 Å². The van der Waals surface area contributed by atoms with Crippen molar-refractivity contribution in [1.29, 1.82) is 0 Å². The van der Waals surface area contributed by atoms with Crippen LogP contribution in [0.5, 0.6) is 0 Å². The van der Waals surface area contributed by atoms with Crippen LogP contribution in [0.2, 0.25) is 0 Å². The van der Waals surface area contributed by atoms with Crippen LogP contribution in [-0.2, 0) is 6.54 Å². The molecule has 1 atom stereocenters. The highest BCUT2D eigenvalue weighted by molar-refractivity contribution is 5.37. The van der Waals surface area contributed by atoms with E-state index in [1.54, 1.807) is 0 Å². The van der Waals surface area contributed by atoms with Gasteiger partial charge in [0.25, 0.3) is 0 Å². The summed E-state index contributed by atoms with van der Waals surface area (Å²) in [6.45, 7) is 3.38. The minimum atomic E-state index is 0.114. The smallest absolute Gasteiger partial charge is 0.0540 e. The Balaban J connectivity index is 1.94. The Morgan fingerprint density at radius 2 is 2.21 bits per heavy atom. The fourth-order valence-electron chi connectivity index (χ4n) is 2.43. The average Bonchev–Trinajstić information content (AvgIpc) is 2.87. The summed E-state index contributed by atoms with van der Waals surface area (Å²) in [5, 5.41) is 17.9. The lowest BCUT2D eigenvalue weighted by Crippen LogP contribution is -2.20. The zero-order chi connectivity index (χ0) is 13.5. The summed E-state index contributed by atoms with van der Waals surface area (Å²) in [4.78, 5) is 2.38. The Kier molecular flexibility index (Phi) is 5.41. The minimum absolute atomic E-state index is 0.114. The van der Waals surface area contributed by atoms with Gasteiger partial charge in [0.1, 0.15) is 0 Å². The first-order chi connectivity index (χ1) is 9.31. The fourth-order valence-corrected chi connectivity index (χ4v) is 2.43. The molecule has 1 aromatic rings. The Morgan fingerprint density at radius 3 is 2.95 bits per heavy atom. The topological polar surface area (TPSA) is 43.7 Å². The van der Waals surface area contributed by atoms with Crippen molar-refractivity contribution in [1.82, 2.24) is 4.90 Å². The van der Waals surface area contributed by atoms with Crippen LogP contribution in [0, 0.1) is 17.8 Å². The molecule has 0 radical (unpaired) electrons. The van der Waals surface area contributed by atoms with Gasteiger partial charge in [-0.25, -0.2) is 0 Å². The Labute approximate surface area is 114 Å². The predicted molar refractivity (Wildman–Crippen MR) is 75.5 cm³/mol. The highest BCUT2D eigenvalue weighted by atomic mass is 16.3. The summed E-state index contributed by atoms with van der Waals surface area (Å²) in [7, 11) is 0. The molecule has 102 valence electrons. The van der Waals surface area contributed by atoms with Gasteiger partial charge in [-0.1, -0.05) is 24.0 Å². The van der Waals surface area contributed by atoms with Gasteiger partial charge in [0, 0.05) is 31.7 Å². The molecule has 0 amide bonds. The second-order valence-corrected chi connectivity index (χ2v) is 5.05. The van der Waals surface area contributed by atoms with Crippen LogP contribution < -0.4 is 0 Å². The molecule has 1 aliphatic rings. The second-order valence-electron chi connectivity index (χ2n) is 5.05. The minimum Gasteiger partial charge on any atom is -0.396 e. The molecule has 1 unspecified atom stereocenters. The van der Waals surface area contributed by atoms with Crippen molar-refractivity contribution in [2.45, 2.75) is 19.4 Å². The molecule has 0 saturated carbocycles. The highest BCUT2D eigenvalue weighted by Crippen LogP contribution is 2.18. The molecule has 2 rings (SSSR count). The zero-order valence-electron chi connectivity index (χ0n) is 11.2. The summed E-state index contributed by atoms with van der Waals surface area (Å²) in [5.74, 6) is 6.44. The third-order valence-electron chi connectivity index (χ3n) is 3.43. The van der Waals surface area contributed by atoms with E-state index >= 15 is 0 Å². The average molecular weight is 259 g/mol. The van der Waals surface area contributed by atoms with Crippen molar-refractivity contribution in [2.75, 3.05) is 26.3 Å². The lowest BCUT2D eigenvalue weighted by molar-refractivity contribution is 0.220. The van der Waals surface area contributed by atoms with E-state index in [1.165, 1.54) is 5.56 Å². The van der Waals surface area contributed by atoms with Crippen LogP contribution in [-0.4, -0.2) is 41.4 Å². The molecule has 1 aromatic carbocycles. The van der Waals surface area contributed by atoms with Crippen LogP contribution in [0.3, 0.4) is 0 Å². The van der Waals surface area contributed by atoms with Crippen LogP contribution >= 0.6 is 0 Å². The third-order valence-corrected chi connectivity index (χ3v) is 3.43. The molecule has 0 spiro atoms. The van der Waals surface area contributed by atoms with E-state index < -0.39 is 0 Å². The summed E-state index contributed by atoms with van der Waals surface area (Å²) >= 11 is 0. The quantitative estimate of drug-likeness (QED) is 0.800. The van der Waals surface area contributed by atoms with Crippen molar-refractivity contribution in [2.24, 2.45) is 5.92 Å². The number of likely N-dealkylation sites (tertiary alicyclic amines) is 1. The van der Waals surface area contributed by atoms with Gasteiger partial charge in [-0.05, 0) is 36.6 Å². The molecule has 3 heteroatoms. The van der Waals surface area contributed by atoms with E-state index in [1.807, 2.05) is 12.1 Å². The van der Waals surface area contributed by atoms with Crippen LogP contribution in [0.1, 0.15) is 24.0 Å². The van der Waals surface area contributed by atoms with Crippen LogP contribution in [0.15, 0.2) is 24.3 Å². The van der Waals surface area contributed by atoms with E-state index in [0.29, 0.717) is 18.9 Å². The maximum absolute atomic E-state index is 9.15. The number of rotatable bonds is 4. The van der Waals surface area contributed by atoms with Gasteiger partial charge in [-0.15, -0.1) is 0 Å². The monoisotopic (exact) mass is 259 g/mol. The van der Waals surface area contributed by atoms with Crippen LogP contribution in [0.25, 0.3) is 0 Å². The van der Waals surface area contributed by atoms with Crippen molar-refractivity contribution >= 4 is 0 Å². The summed E-state index contributed by atoms with van der Waals surface area (Å²) < 4.78 is 0. The molecule has 1 fully saturated rings. The maximum atomic E-state index is 9.15. The third kappa shape index (κ3) is 4.36. The van der Waals surface area contributed by atoms with E-state index in [-0.39, 0.29) is 6.61 Å². The molecule has 1 aliphatic heterocycles. The Morgan fingerprint density at radius 1 is 1.32 bits per heavy atom.